The molecule has 164 valence electrons. The van der Waals surface area contributed by atoms with E-state index in [9.17, 15) is 14.7 Å². The number of carbonyl (C=O) groups excluding carboxylic acids is 2. The van der Waals surface area contributed by atoms with Gasteiger partial charge in [0.15, 0.2) is 11.5 Å². The average Bonchev–Trinajstić information content (AvgIpc) is 3.02. The van der Waals surface area contributed by atoms with Crippen molar-refractivity contribution >= 4 is 40.7 Å². The highest BCUT2D eigenvalue weighted by Gasteiger charge is 2.46. The third kappa shape index (κ3) is 4.07. The number of likely N-dealkylation sites (tertiary alicyclic amines) is 1. The highest BCUT2D eigenvalue weighted by Crippen LogP contribution is 2.47. The Kier molecular flexibility index (Phi) is 7.08. The van der Waals surface area contributed by atoms with E-state index in [4.69, 9.17) is 32.7 Å². The molecule has 1 atom stereocenters. The number of halogens is 2. The number of benzene rings is 1. The van der Waals surface area contributed by atoms with Crippen molar-refractivity contribution in [2.75, 3.05) is 20.8 Å². The number of ether oxygens (including phenoxy) is 2. The fourth-order valence-corrected chi connectivity index (χ4v) is 4.31. The molecular formula is C22H22Cl2N2O5. The number of pyridine rings is 1. The summed E-state index contributed by atoms with van der Waals surface area (Å²) in [6, 6.07) is 4.02. The number of hydrogen-bond donors (Lipinski definition) is 1. The number of amides is 1. The van der Waals surface area contributed by atoms with Crippen LogP contribution in [0.5, 0.6) is 11.5 Å². The van der Waals surface area contributed by atoms with E-state index in [0.717, 1.165) is 6.42 Å². The van der Waals surface area contributed by atoms with E-state index in [1.54, 1.807) is 24.5 Å². The van der Waals surface area contributed by atoms with Crippen molar-refractivity contribution in [1.29, 1.82) is 0 Å². The Morgan fingerprint density at radius 1 is 1.16 bits per heavy atom. The van der Waals surface area contributed by atoms with Crippen molar-refractivity contribution in [3.05, 3.63) is 57.3 Å². The second-order valence-electron chi connectivity index (χ2n) is 6.91. The number of ketones is 1. The summed E-state index contributed by atoms with van der Waals surface area (Å²) in [5.41, 5.74) is 0.672. The number of carbonyl (C=O) groups is 2. The van der Waals surface area contributed by atoms with Crippen molar-refractivity contribution < 1.29 is 24.2 Å². The minimum Gasteiger partial charge on any atom is -0.507 e. The second-order valence-corrected chi connectivity index (χ2v) is 7.70. The fraction of sp³-hybridized carbons (Fsp3) is 0.318. The van der Waals surface area contributed by atoms with E-state index in [2.05, 4.69) is 4.98 Å². The number of hydrogen-bond acceptors (Lipinski definition) is 6. The van der Waals surface area contributed by atoms with Crippen LogP contribution in [0.25, 0.3) is 5.76 Å². The highest BCUT2D eigenvalue weighted by molar-refractivity contribution is 6.47. The van der Waals surface area contributed by atoms with E-state index in [1.165, 1.54) is 25.2 Å². The molecule has 1 fully saturated rings. The van der Waals surface area contributed by atoms with Crippen molar-refractivity contribution in [3.63, 3.8) is 0 Å². The standard InChI is InChI=1S/C22H22Cl2N2O5/c1-4-5-10-26-17(12-6-8-25-9-7-12)15(19(28)22(26)29)18(27)13-11-14(23)21(31-3)16(24)20(13)30-2/h6-9,11,17,27H,4-5,10H2,1-3H3/b18-15+. The van der Waals surface area contributed by atoms with Gasteiger partial charge in [-0.1, -0.05) is 36.5 Å². The minimum atomic E-state index is -0.791. The summed E-state index contributed by atoms with van der Waals surface area (Å²) < 4.78 is 10.6. The molecule has 2 heterocycles. The smallest absolute Gasteiger partial charge is 0.295 e. The van der Waals surface area contributed by atoms with Crippen LogP contribution in [-0.2, 0) is 9.59 Å². The van der Waals surface area contributed by atoms with Crippen LogP contribution >= 0.6 is 23.2 Å². The average molecular weight is 465 g/mol. The van der Waals surface area contributed by atoms with Gasteiger partial charge in [-0.25, -0.2) is 0 Å². The van der Waals surface area contributed by atoms with Crippen LogP contribution in [0, 0.1) is 0 Å². The molecule has 3 rings (SSSR count). The molecule has 1 aliphatic rings. The monoisotopic (exact) mass is 464 g/mol. The van der Waals surface area contributed by atoms with Crippen molar-refractivity contribution in [2.45, 2.75) is 25.8 Å². The van der Waals surface area contributed by atoms with Gasteiger partial charge in [-0.05, 0) is 30.2 Å². The number of Topliss-reactive ketones (excluding diaryl/α,β-unsaturated/α-hetero) is 1. The van der Waals surface area contributed by atoms with Crippen LogP contribution in [-0.4, -0.2) is 47.4 Å². The SMILES string of the molecule is CCCCN1C(=O)C(=O)/C(=C(/O)c2cc(Cl)c(OC)c(Cl)c2OC)C1c1ccncc1. The van der Waals surface area contributed by atoms with Crippen LogP contribution in [0.15, 0.2) is 36.2 Å². The molecular weight excluding hydrogens is 443 g/mol. The van der Waals surface area contributed by atoms with Gasteiger partial charge in [-0.15, -0.1) is 0 Å². The molecule has 0 aliphatic carbocycles. The van der Waals surface area contributed by atoms with Gasteiger partial charge in [0.25, 0.3) is 11.7 Å². The van der Waals surface area contributed by atoms with Crippen molar-refractivity contribution in [2.24, 2.45) is 0 Å². The summed E-state index contributed by atoms with van der Waals surface area (Å²) in [6.07, 6.45) is 4.68. The zero-order chi connectivity index (χ0) is 22.7. The van der Waals surface area contributed by atoms with Gasteiger partial charge in [-0.2, -0.15) is 0 Å². The first kappa shape index (κ1) is 22.9. The Bertz CT molecular complexity index is 1040. The lowest BCUT2D eigenvalue weighted by molar-refractivity contribution is -0.139. The molecule has 0 radical (unpaired) electrons. The van der Waals surface area contributed by atoms with E-state index >= 15 is 0 Å². The molecule has 1 N–H and O–H groups in total. The number of rotatable bonds is 7. The van der Waals surface area contributed by atoms with Gasteiger partial charge in [-0.3, -0.25) is 14.6 Å². The number of aromatic nitrogens is 1. The van der Waals surface area contributed by atoms with Crippen LogP contribution in [0.2, 0.25) is 10.0 Å². The van der Waals surface area contributed by atoms with E-state index < -0.39 is 23.5 Å². The fourth-order valence-electron chi connectivity index (χ4n) is 3.62. The van der Waals surface area contributed by atoms with Crippen LogP contribution < -0.4 is 9.47 Å². The highest BCUT2D eigenvalue weighted by atomic mass is 35.5. The Balaban J connectivity index is 2.27. The lowest BCUT2D eigenvalue weighted by atomic mass is 9.95. The normalized spacial score (nSPS) is 17.8. The first-order valence-corrected chi connectivity index (χ1v) is 10.4. The summed E-state index contributed by atoms with van der Waals surface area (Å²) in [5, 5.41) is 11.4. The zero-order valence-electron chi connectivity index (χ0n) is 17.3. The molecule has 0 spiro atoms. The first-order valence-electron chi connectivity index (χ1n) is 9.65. The van der Waals surface area contributed by atoms with Gasteiger partial charge >= 0.3 is 0 Å². The summed E-state index contributed by atoms with van der Waals surface area (Å²) in [4.78, 5) is 31.3. The Morgan fingerprint density at radius 3 is 2.39 bits per heavy atom. The maximum atomic E-state index is 13.0. The quantitative estimate of drug-likeness (QED) is 0.365. The molecule has 7 nitrogen and oxygen atoms in total. The number of methoxy groups -OCH3 is 2. The van der Waals surface area contributed by atoms with Crippen LogP contribution in [0.1, 0.15) is 36.9 Å². The molecule has 1 unspecified atom stereocenters. The number of aliphatic hydroxyl groups is 1. The van der Waals surface area contributed by atoms with Gasteiger partial charge < -0.3 is 19.5 Å². The molecule has 1 aromatic carbocycles. The minimum absolute atomic E-state index is 0.0414. The van der Waals surface area contributed by atoms with Gasteiger partial charge in [0.2, 0.25) is 0 Å². The van der Waals surface area contributed by atoms with E-state index in [-0.39, 0.29) is 32.7 Å². The third-order valence-electron chi connectivity index (χ3n) is 5.11. The summed E-state index contributed by atoms with van der Waals surface area (Å²) >= 11 is 12.6. The maximum Gasteiger partial charge on any atom is 0.295 e. The Labute approximate surface area is 190 Å². The molecule has 31 heavy (non-hydrogen) atoms. The molecule has 1 saturated heterocycles. The van der Waals surface area contributed by atoms with Crippen molar-refractivity contribution in [1.82, 2.24) is 9.88 Å². The van der Waals surface area contributed by atoms with Crippen LogP contribution in [0.3, 0.4) is 0 Å². The second kappa shape index (κ2) is 9.58. The molecule has 0 bridgehead atoms. The molecule has 1 aromatic heterocycles. The Hall–Kier alpha value is -2.77. The first-order chi connectivity index (χ1) is 14.9. The molecule has 1 aliphatic heterocycles. The maximum absolute atomic E-state index is 13.0. The summed E-state index contributed by atoms with van der Waals surface area (Å²) in [6.45, 7) is 2.36. The predicted molar refractivity (Wildman–Crippen MR) is 118 cm³/mol. The lowest BCUT2D eigenvalue weighted by Crippen LogP contribution is -2.30. The van der Waals surface area contributed by atoms with Crippen LogP contribution in [0.4, 0.5) is 0 Å². The molecule has 0 saturated carbocycles. The third-order valence-corrected chi connectivity index (χ3v) is 5.73. The van der Waals surface area contributed by atoms with Crippen molar-refractivity contribution in [3.8, 4) is 11.5 Å². The topological polar surface area (TPSA) is 89.0 Å². The van der Waals surface area contributed by atoms with Gasteiger partial charge in [0.05, 0.1) is 36.4 Å². The van der Waals surface area contributed by atoms with E-state index in [1.807, 2.05) is 6.92 Å². The predicted octanol–water partition coefficient (Wildman–Crippen LogP) is 4.63. The summed E-state index contributed by atoms with van der Waals surface area (Å²) in [7, 11) is 2.76. The molecule has 9 heteroatoms. The van der Waals surface area contributed by atoms with Gasteiger partial charge in [0.1, 0.15) is 10.8 Å². The number of nitrogens with zero attached hydrogens (tertiary/aromatic N) is 2. The largest absolute Gasteiger partial charge is 0.507 e. The molecule has 1 amide bonds. The Morgan fingerprint density at radius 2 is 1.81 bits per heavy atom. The zero-order valence-corrected chi connectivity index (χ0v) is 18.8. The van der Waals surface area contributed by atoms with Gasteiger partial charge in [0, 0.05) is 18.9 Å². The summed E-state index contributed by atoms with van der Waals surface area (Å²) in [5.74, 6) is -1.65. The number of unbranched alkanes of at least 4 members (excludes halogenated alkanes) is 1. The van der Waals surface area contributed by atoms with E-state index in [0.29, 0.717) is 18.5 Å². The lowest BCUT2D eigenvalue weighted by Gasteiger charge is -2.25. The molecule has 2 aromatic rings. The number of aliphatic hydroxyl groups excluding tert-OH is 1.